The summed E-state index contributed by atoms with van der Waals surface area (Å²) in [6, 6.07) is 4.22. The minimum absolute atomic E-state index is 0.0470. The molecule has 1 amide bonds. The van der Waals surface area contributed by atoms with Gasteiger partial charge in [0, 0.05) is 16.3 Å². The number of hydrogen-bond donors (Lipinski definition) is 1. The molecule has 4 nitrogen and oxygen atoms in total. The quantitative estimate of drug-likeness (QED) is 0.877. The van der Waals surface area contributed by atoms with E-state index in [9.17, 15) is 4.79 Å². The molecular weight excluding hydrogens is 282 g/mol. The summed E-state index contributed by atoms with van der Waals surface area (Å²) in [5.41, 5.74) is 0. The highest BCUT2D eigenvalue weighted by Crippen LogP contribution is 2.32. The minimum atomic E-state index is -0.0586. The highest BCUT2D eigenvalue weighted by atomic mass is 32.1. The van der Waals surface area contributed by atoms with Gasteiger partial charge in [0.2, 0.25) is 5.91 Å². The van der Waals surface area contributed by atoms with Gasteiger partial charge in [-0.1, -0.05) is 13.8 Å². The van der Waals surface area contributed by atoms with Crippen LogP contribution in [0.4, 0.5) is 0 Å². The van der Waals surface area contributed by atoms with Gasteiger partial charge in [-0.25, -0.2) is 0 Å². The summed E-state index contributed by atoms with van der Waals surface area (Å²) in [6.07, 6.45) is 1.05. The van der Waals surface area contributed by atoms with Crippen molar-refractivity contribution in [1.82, 2.24) is 15.1 Å². The third-order valence-corrected chi connectivity index (χ3v) is 4.95. The monoisotopic (exact) mass is 309 g/mol. The number of carbonyl (C=O) groups is 1. The van der Waals surface area contributed by atoms with Crippen molar-refractivity contribution >= 4 is 17.2 Å². The van der Waals surface area contributed by atoms with Crippen molar-refractivity contribution in [1.29, 1.82) is 0 Å². The van der Waals surface area contributed by atoms with Crippen LogP contribution >= 0.6 is 11.3 Å². The summed E-state index contributed by atoms with van der Waals surface area (Å²) in [7, 11) is 4.14. The first-order valence-corrected chi connectivity index (χ1v) is 8.49. The van der Waals surface area contributed by atoms with Crippen molar-refractivity contribution in [3.63, 3.8) is 0 Å². The highest BCUT2D eigenvalue weighted by Gasteiger charge is 2.41. The standard InChI is InChI=1S/C16H27N3OS/c1-11(2)14-16(20)19(10-6-9-18(4)5)15(17-14)13-8-7-12(3)21-13/h7-8,11,14-15,17H,6,9-10H2,1-5H3. The summed E-state index contributed by atoms with van der Waals surface area (Å²) in [4.78, 5) is 19.4. The van der Waals surface area contributed by atoms with Crippen LogP contribution in [0.25, 0.3) is 0 Å². The molecule has 1 aromatic rings. The normalized spacial score (nSPS) is 22.8. The topological polar surface area (TPSA) is 35.6 Å². The van der Waals surface area contributed by atoms with Crippen molar-refractivity contribution in [2.24, 2.45) is 5.92 Å². The Morgan fingerprint density at radius 1 is 1.38 bits per heavy atom. The van der Waals surface area contributed by atoms with Crippen LogP contribution in [0.3, 0.4) is 0 Å². The number of thiophene rings is 1. The minimum Gasteiger partial charge on any atom is -0.321 e. The molecule has 1 saturated heterocycles. The lowest BCUT2D eigenvalue weighted by molar-refractivity contribution is -0.130. The second-order valence-electron chi connectivity index (χ2n) is 6.43. The molecule has 0 saturated carbocycles. The molecule has 0 spiro atoms. The SMILES string of the molecule is Cc1ccc(C2NC(C(C)C)C(=O)N2CCCN(C)C)s1. The zero-order valence-electron chi connectivity index (χ0n) is 13.7. The van der Waals surface area contributed by atoms with E-state index in [1.165, 1.54) is 9.75 Å². The van der Waals surface area contributed by atoms with Gasteiger partial charge in [0.15, 0.2) is 0 Å². The molecule has 2 atom stereocenters. The van der Waals surface area contributed by atoms with Gasteiger partial charge >= 0.3 is 0 Å². The van der Waals surface area contributed by atoms with Gasteiger partial charge in [-0.2, -0.15) is 0 Å². The highest BCUT2D eigenvalue weighted by molar-refractivity contribution is 7.12. The summed E-state index contributed by atoms with van der Waals surface area (Å²) < 4.78 is 0. The summed E-state index contributed by atoms with van der Waals surface area (Å²) in [6.45, 7) is 8.15. The van der Waals surface area contributed by atoms with Gasteiger partial charge in [-0.05, 0) is 52.0 Å². The van der Waals surface area contributed by atoms with Crippen LogP contribution in [0, 0.1) is 12.8 Å². The van der Waals surface area contributed by atoms with Crippen LogP contribution in [0.5, 0.6) is 0 Å². The number of hydrogen-bond acceptors (Lipinski definition) is 4. The maximum atomic E-state index is 12.7. The van der Waals surface area contributed by atoms with Gasteiger partial charge in [-0.15, -0.1) is 11.3 Å². The zero-order valence-corrected chi connectivity index (χ0v) is 14.5. The smallest absolute Gasteiger partial charge is 0.241 e. The molecule has 2 rings (SSSR count). The van der Waals surface area contributed by atoms with Crippen molar-refractivity contribution in [3.05, 3.63) is 21.9 Å². The van der Waals surface area contributed by atoms with Crippen LogP contribution < -0.4 is 5.32 Å². The van der Waals surface area contributed by atoms with Crippen molar-refractivity contribution in [2.75, 3.05) is 27.2 Å². The Bertz CT molecular complexity index is 484. The van der Waals surface area contributed by atoms with E-state index in [0.29, 0.717) is 5.92 Å². The van der Waals surface area contributed by atoms with Crippen molar-refractivity contribution in [2.45, 2.75) is 39.4 Å². The predicted molar refractivity (Wildman–Crippen MR) is 88.4 cm³/mol. The second kappa shape index (κ2) is 6.90. The lowest BCUT2D eigenvalue weighted by Gasteiger charge is -2.24. The molecule has 118 valence electrons. The van der Waals surface area contributed by atoms with Crippen molar-refractivity contribution in [3.8, 4) is 0 Å². The Kier molecular flexibility index (Phi) is 5.41. The fraction of sp³-hybridized carbons (Fsp3) is 0.688. The van der Waals surface area contributed by atoms with Crippen LogP contribution in [-0.2, 0) is 4.79 Å². The van der Waals surface area contributed by atoms with Gasteiger partial charge < -0.3 is 9.80 Å². The van der Waals surface area contributed by atoms with Gasteiger partial charge in [-0.3, -0.25) is 10.1 Å². The Morgan fingerprint density at radius 2 is 2.10 bits per heavy atom. The fourth-order valence-corrected chi connectivity index (χ4v) is 3.70. The molecule has 0 aliphatic carbocycles. The summed E-state index contributed by atoms with van der Waals surface area (Å²) in [5.74, 6) is 0.569. The molecule has 0 bridgehead atoms. The van der Waals surface area contributed by atoms with E-state index in [1.807, 2.05) is 4.90 Å². The Balaban J connectivity index is 2.13. The maximum Gasteiger partial charge on any atom is 0.241 e. The molecule has 1 aromatic heterocycles. The molecule has 2 unspecified atom stereocenters. The molecule has 21 heavy (non-hydrogen) atoms. The Hall–Kier alpha value is -0.910. The predicted octanol–water partition coefficient (Wildman–Crippen LogP) is 2.46. The van der Waals surface area contributed by atoms with E-state index in [0.717, 1.165) is 19.5 Å². The van der Waals surface area contributed by atoms with E-state index < -0.39 is 0 Å². The first-order valence-electron chi connectivity index (χ1n) is 7.67. The molecule has 2 heterocycles. The summed E-state index contributed by atoms with van der Waals surface area (Å²) in [5, 5.41) is 3.53. The number of amides is 1. The van der Waals surface area contributed by atoms with E-state index in [2.05, 4.69) is 57.2 Å². The van der Waals surface area contributed by atoms with Gasteiger partial charge in [0.05, 0.1) is 6.04 Å². The maximum absolute atomic E-state index is 12.7. The largest absolute Gasteiger partial charge is 0.321 e. The lowest BCUT2D eigenvalue weighted by Crippen LogP contribution is -2.35. The molecule has 0 radical (unpaired) electrons. The summed E-state index contributed by atoms with van der Waals surface area (Å²) >= 11 is 1.78. The van der Waals surface area contributed by atoms with E-state index >= 15 is 0 Å². The molecular formula is C16H27N3OS. The average Bonchev–Trinajstić information content (AvgIpc) is 2.94. The number of nitrogens with one attached hydrogen (secondary N) is 1. The Labute approximate surface area is 132 Å². The zero-order chi connectivity index (χ0) is 15.6. The molecule has 0 aromatic carbocycles. The van der Waals surface area contributed by atoms with Crippen LogP contribution in [0.15, 0.2) is 12.1 Å². The van der Waals surface area contributed by atoms with Crippen LogP contribution in [0.2, 0.25) is 0 Å². The first-order chi connectivity index (χ1) is 9.90. The van der Waals surface area contributed by atoms with Crippen LogP contribution in [-0.4, -0.2) is 48.9 Å². The lowest BCUT2D eigenvalue weighted by atomic mass is 10.1. The fourth-order valence-electron chi connectivity index (χ4n) is 2.75. The molecule has 1 aliphatic rings. The van der Waals surface area contributed by atoms with Gasteiger partial charge in [0.1, 0.15) is 6.17 Å². The van der Waals surface area contributed by atoms with E-state index in [1.54, 1.807) is 11.3 Å². The van der Waals surface area contributed by atoms with E-state index in [-0.39, 0.29) is 18.1 Å². The number of rotatable bonds is 6. The average molecular weight is 309 g/mol. The number of carbonyl (C=O) groups excluding carboxylic acids is 1. The number of aryl methyl sites for hydroxylation is 1. The van der Waals surface area contributed by atoms with Crippen LogP contribution in [0.1, 0.15) is 36.2 Å². The molecule has 1 fully saturated rings. The third kappa shape index (κ3) is 3.84. The van der Waals surface area contributed by atoms with Crippen molar-refractivity contribution < 1.29 is 4.79 Å². The first kappa shape index (κ1) is 16.5. The molecule has 1 aliphatic heterocycles. The van der Waals surface area contributed by atoms with E-state index in [4.69, 9.17) is 0 Å². The Morgan fingerprint density at radius 3 is 2.62 bits per heavy atom. The molecule has 5 heteroatoms. The van der Waals surface area contributed by atoms with Gasteiger partial charge in [0.25, 0.3) is 0 Å². The second-order valence-corrected chi connectivity index (χ2v) is 7.75. The third-order valence-electron chi connectivity index (χ3n) is 3.90. The molecule has 1 N–H and O–H groups in total. The number of nitrogens with zero attached hydrogens (tertiary/aromatic N) is 2.